The Morgan fingerprint density at radius 1 is 0.492 bits per heavy atom. The van der Waals surface area contributed by atoms with E-state index in [4.69, 9.17) is 4.74 Å². The molecule has 0 aromatic carbocycles. The van der Waals surface area contributed by atoms with Crippen LogP contribution in [0.2, 0.25) is 0 Å². The summed E-state index contributed by atoms with van der Waals surface area (Å²) in [4.78, 5) is 26.1. The van der Waals surface area contributed by atoms with Crippen LogP contribution in [-0.4, -0.2) is 46.9 Å². The predicted octanol–water partition coefficient (Wildman–Crippen LogP) is 15.1. The van der Waals surface area contributed by atoms with Crippen LogP contribution in [0.15, 0.2) is 48.6 Å². The summed E-state index contributed by atoms with van der Waals surface area (Å²) >= 11 is 0. The van der Waals surface area contributed by atoms with Crippen LogP contribution in [0, 0.1) is 0 Å². The Morgan fingerprint density at radius 3 is 1.31 bits per heavy atom. The second-order valence-electron chi connectivity index (χ2n) is 17.2. The van der Waals surface area contributed by atoms with Gasteiger partial charge in [0.15, 0.2) is 0 Å². The standard InChI is InChI=1S/C53H97NO5/c1-4-7-10-13-16-19-22-24-25-26-27-29-31-34-37-40-43-46-53(58)59-49(44-41-38-35-32-30-28-23-20-17-14-11-8-5-2)47-52(57)54-50(48-55)51(56)45-42-39-36-33-21-18-15-12-9-6-3/h16,19,24-25,27,29,34,37,49-51,55-56H,4-15,17-18,20-23,26,28,30-33,35-36,38-48H2,1-3H3,(H,54,57)/b19-16-,25-24-,29-27-,37-34-. The highest BCUT2D eigenvalue weighted by atomic mass is 16.5. The molecule has 1 amide bonds. The Kier molecular flexibility index (Phi) is 45.1. The third-order valence-electron chi connectivity index (χ3n) is 11.4. The fourth-order valence-corrected chi connectivity index (χ4v) is 7.54. The summed E-state index contributed by atoms with van der Waals surface area (Å²) in [6.45, 7) is 6.43. The van der Waals surface area contributed by atoms with E-state index in [1.54, 1.807) is 0 Å². The van der Waals surface area contributed by atoms with E-state index in [-0.39, 0.29) is 24.9 Å². The monoisotopic (exact) mass is 828 g/mol. The van der Waals surface area contributed by atoms with Gasteiger partial charge in [0.2, 0.25) is 5.91 Å². The van der Waals surface area contributed by atoms with Crippen molar-refractivity contribution < 1.29 is 24.5 Å². The number of unbranched alkanes of at least 4 members (excludes halogenated alkanes) is 25. The zero-order valence-electron chi connectivity index (χ0n) is 39.1. The zero-order valence-corrected chi connectivity index (χ0v) is 39.1. The molecule has 3 unspecified atom stereocenters. The highest BCUT2D eigenvalue weighted by Gasteiger charge is 2.24. The van der Waals surface area contributed by atoms with Gasteiger partial charge in [-0.3, -0.25) is 9.59 Å². The predicted molar refractivity (Wildman–Crippen MR) is 255 cm³/mol. The molecule has 344 valence electrons. The first-order valence-electron chi connectivity index (χ1n) is 25.4. The van der Waals surface area contributed by atoms with Gasteiger partial charge in [-0.15, -0.1) is 0 Å². The molecule has 0 bridgehead atoms. The first-order chi connectivity index (χ1) is 29.0. The molecular formula is C53H97NO5. The molecule has 0 aliphatic carbocycles. The fourth-order valence-electron chi connectivity index (χ4n) is 7.54. The van der Waals surface area contributed by atoms with Crippen LogP contribution >= 0.6 is 0 Å². The van der Waals surface area contributed by atoms with Crippen molar-refractivity contribution >= 4 is 11.9 Å². The number of hydrogen-bond acceptors (Lipinski definition) is 5. The van der Waals surface area contributed by atoms with E-state index in [1.165, 1.54) is 135 Å². The summed E-state index contributed by atoms with van der Waals surface area (Å²) in [6.07, 6.45) is 56.0. The molecule has 0 radical (unpaired) electrons. The maximum atomic E-state index is 13.2. The van der Waals surface area contributed by atoms with Gasteiger partial charge in [0.05, 0.1) is 25.2 Å². The van der Waals surface area contributed by atoms with Crippen molar-refractivity contribution in [2.45, 2.75) is 270 Å². The quantitative estimate of drug-likeness (QED) is 0.0323. The number of esters is 1. The Labute approximate surface area is 366 Å². The van der Waals surface area contributed by atoms with Crippen LogP contribution in [0.25, 0.3) is 0 Å². The topological polar surface area (TPSA) is 95.9 Å². The number of aliphatic hydroxyl groups is 2. The highest BCUT2D eigenvalue weighted by molar-refractivity contribution is 5.77. The Bertz CT molecular complexity index is 1020. The van der Waals surface area contributed by atoms with Crippen LogP contribution in [-0.2, 0) is 14.3 Å². The van der Waals surface area contributed by atoms with Crippen molar-refractivity contribution in [3.05, 3.63) is 48.6 Å². The molecule has 0 aromatic rings. The smallest absolute Gasteiger partial charge is 0.306 e. The minimum absolute atomic E-state index is 0.0582. The summed E-state index contributed by atoms with van der Waals surface area (Å²) in [6, 6.07) is -0.709. The lowest BCUT2D eigenvalue weighted by atomic mass is 10.0. The minimum Gasteiger partial charge on any atom is -0.462 e. The lowest BCUT2D eigenvalue weighted by Gasteiger charge is -2.24. The molecule has 0 aromatic heterocycles. The molecule has 0 saturated heterocycles. The molecule has 0 spiro atoms. The van der Waals surface area contributed by atoms with E-state index in [1.807, 2.05) is 0 Å². The van der Waals surface area contributed by atoms with Gasteiger partial charge in [-0.05, 0) is 64.2 Å². The van der Waals surface area contributed by atoms with E-state index in [9.17, 15) is 19.8 Å². The first kappa shape index (κ1) is 56.8. The molecule has 6 heteroatoms. The van der Waals surface area contributed by atoms with Gasteiger partial charge in [-0.1, -0.05) is 223 Å². The average molecular weight is 828 g/mol. The molecule has 3 atom stereocenters. The number of hydrogen-bond donors (Lipinski definition) is 3. The Balaban J connectivity index is 4.65. The molecule has 59 heavy (non-hydrogen) atoms. The van der Waals surface area contributed by atoms with Gasteiger partial charge in [-0.25, -0.2) is 0 Å². The number of amides is 1. The molecule has 0 rings (SSSR count). The van der Waals surface area contributed by atoms with E-state index >= 15 is 0 Å². The molecule has 0 heterocycles. The number of allylic oxidation sites excluding steroid dienone is 8. The second kappa shape index (κ2) is 46.9. The molecule has 0 aliphatic rings. The lowest BCUT2D eigenvalue weighted by Crippen LogP contribution is -2.46. The van der Waals surface area contributed by atoms with Gasteiger partial charge in [0.25, 0.3) is 0 Å². The van der Waals surface area contributed by atoms with E-state index in [0.717, 1.165) is 64.2 Å². The van der Waals surface area contributed by atoms with E-state index < -0.39 is 18.2 Å². The summed E-state index contributed by atoms with van der Waals surface area (Å²) in [5.74, 6) is -0.534. The van der Waals surface area contributed by atoms with E-state index in [0.29, 0.717) is 25.7 Å². The third kappa shape index (κ3) is 42.3. The van der Waals surface area contributed by atoms with Crippen LogP contribution in [0.5, 0.6) is 0 Å². The minimum atomic E-state index is -0.794. The van der Waals surface area contributed by atoms with Crippen molar-refractivity contribution in [2.24, 2.45) is 0 Å². The molecule has 6 nitrogen and oxygen atoms in total. The van der Waals surface area contributed by atoms with E-state index in [2.05, 4.69) is 74.7 Å². The number of rotatable bonds is 45. The summed E-state index contributed by atoms with van der Waals surface area (Å²) in [5, 5.41) is 23.7. The van der Waals surface area contributed by atoms with Gasteiger partial charge in [-0.2, -0.15) is 0 Å². The Hall–Kier alpha value is -2.18. The first-order valence-corrected chi connectivity index (χ1v) is 25.4. The summed E-state index contributed by atoms with van der Waals surface area (Å²) < 4.78 is 5.90. The number of nitrogens with one attached hydrogen (secondary N) is 1. The van der Waals surface area contributed by atoms with Crippen molar-refractivity contribution in [1.82, 2.24) is 5.32 Å². The molecule has 0 aliphatic heterocycles. The maximum Gasteiger partial charge on any atom is 0.306 e. The highest BCUT2D eigenvalue weighted by Crippen LogP contribution is 2.18. The van der Waals surface area contributed by atoms with Crippen molar-refractivity contribution in [1.29, 1.82) is 0 Å². The number of ether oxygens (including phenoxy) is 1. The lowest BCUT2D eigenvalue weighted by molar-refractivity contribution is -0.151. The molecule has 0 fully saturated rings. The normalized spacial score (nSPS) is 13.6. The second-order valence-corrected chi connectivity index (χ2v) is 17.2. The van der Waals surface area contributed by atoms with Crippen molar-refractivity contribution in [2.75, 3.05) is 6.61 Å². The maximum absolute atomic E-state index is 13.2. The Morgan fingerprint density at radius 2 is 0.864 bits per heavy atom. The van der Waals surface area contributed by atoms with Crippen LogP contribution in [0.3, 0.4) is 0 Å². The number of aliphatic hydroxyl groups excluding tert-OH is 2. The molecule has 0 saturated carbocycles. The SMILES string of the molecule is CCCCC/C=C\C/C=C\C/C=C\C/C=C\CCCC(=O)OC(CCCCCCCCCCCCCCC)CC(=O)NC(CO)C(O)CCCCCCCCCCCC. The van der Waals surface area contributed by atoms with Crippen molar-refractivity contribution in [3.8, 4) is 0 Å². The number of carbonyl (C=O) groups excluding carboxylic acids is 2. The van der Waals surface area contributed by atoms with Crippen LogP contribution in [0.1, 0.15) is 252 Å². The summed E-state index contributed by atoms with van der Waals surface area (Å²) in [5.41, 5.74) is 0. The van der Waals surface area contributed by atoms with Crippen molar-refractivity contribution in [3.63, 3.8) is 0 Å². The van der Waals surface area contributed by atoms with Gasteiger partial charge < -0.3 is 20.3 Å². The third-order valence-corrected chi connectivity index (χ3v) is 11.4. The van der Waals surface area contributed by atoms with Crippen LogP contribution < -0.4 is 5.32 Å². The molecular weight excluding hydrogens is 731 g/mol. The average Bonchev–Trinajstić information content (AvgIpc) is 3.23. The van der Waals surface area contributed by atoms with Gasteiger partial charge in [0.1, 0.15) is 6.10 Å². The molecule has 3 N–H and O–H groups in total. The zero-order chi connectivity index (χ0) is 43.1. The van der Waals surface area contributed by atoms with Gasteiger partial charge in [0, 0.05) is 6.42 Å². The van der Waals surface area contributed by atoms with Crippen LogP contribution in [0.4, 0.5) is 0 Å². The number of carbonyl (C=O) groups is 2. The van der Waals surface area contributed by atoms with Gasteiger partial charge >= 0.3 is 5.97 Å². The fraction of sp³-hybridized carbons (Fsp3) is 0.811. The summed E-state index contributed by atoms with van der Waals surface area (Å²) in [7, 11) is 0. The largest absolute Gasteiger partial charge is 0.462 e.